The molecule has 0 aromatic heterocycles. The molecule has 1 aliphatic heterocycles. The molecule has 2 atom stereocenters. The summed E-state index contributed by atoms with van der Waals surface area (Å²) in [5.41, 5.74) is 1.17. The monoisotopic (exact) mass is 311 g/mol. The molecule has 98 valence electrons. The van der Waals surface area contributed by atoms with E-state index in [1.807, 2.05) is 12.1 Å². The molecular formula is C14H18BrNO2. The zero-order valence-corrected chi connectivity index (χ0v) is 12.4. The Kier molecular flexibility index (Phi) is 3.41. The molecule has 1 amide bonds. The van der Waals surface area contributed by atoms with Crippen LogP contribution in [0.1, 0.15) is 32.3 Å². The SMILES string of the molecule is CC(C)(C)C1C(c2ccc(Br)cc2)CN1C(=O)O. The fourth-order valence-electron chi connectivity index (χ4n) is 2.77. The van der Waals surface area contributed by atoms with Gasteiger partial charge in [-0.3, -0.25) is 0 Å². The van der Waals surface area contributed by atoms with Crippen LogP contribution in [0.2, 0.25) is 0 Å². The van der Waals surface area contributed by atoms with E-state index in [0.29, 0.717) is 12.5 Å². The van der Waals surface area contributed by atoms with Gasteiger partial charge in [-0.2, -0.15) is 0 Å². The fraction of sp³-hybridized carbons (Fsp3) is 0.500. The molecule has 1 N–H and O–H groups in total. The van der Waals surface area contributed by atoms with Crippen LogP contribution in [0.4, 0.5) is 4.79 Å². The Morgan fingerprint density at radius 3 is 2.33 bits per heavy atom. The van der Waals surface area contributed by atoms with Crippen molar-refractivity contribution in [2.24, 2.45) is 5.41 Å². The van der Waals surface area contributed by atoms with Crippen molar-refractivity contribution in [3.8, 4) is 0 Å². The number of nitrogens with zero attached hydrogens (tertiary/aromatic N) is 1. The number of carbonyl (C=O) groups is 1. The van der Waals surface area contributed by atoms with E-state index in [0.717, 1.165) is 4.47 Å². The van der Waals surface area contributed by atoms with Crippen LogP contribution < -0.4 is 0 Å². The van der Waals surface area contributed by atoms with Crippen LogP contribution in [-0.4, -0.2) is 28.7 Å². The van der Waals surface area contributed by atoms with Gasteiger partial charge in [-0.25, -0.2) is 4.79 Å². The Morgan fingerprint density at radius 2 is 1.89 bits per heavy atom. The first kappa shape index (κ1) is 13.4. The van der Waals surface area contributed by atoms with Crippen molar-refractivity contribution in [1.82, 2.24) is 4.90 Å². The topological polar surface area (TPSA) is 40.5 Å². The number of hydrogen-bond donors (Lipinski definition) is 1. The van der Waals surface area contributed by atoms with Crippen molar-refractivity contribution in [3.63, 3.8) is 0 Å². The second kappa shape index (κ2) is 4.57. The number of likely N-dealkylation sites (tertiary alicyclic amines) is 1. The number of rotatable bonds is 1. The summed E-state index contributed by atoms with van der Waals surface area (Å²) in [5.74, 6) is 0.300. The average molecular weight is 312 g/mol. The van der Waals surface area contributed by atoms with Crippen LogP contribution in [0.25, 0.3) is 0 Å². The summed E-state index contributed by atoms with van der Waals surface area (Å²) in [5, 5.41) is 9.19. The van der Waals surface area contributed by atoms with Crippen molar-refractivity contribution in [2.45, 2.75) is 32.7 Å². The molecule has 0 spiro atoms. The zero-order chi connectivity index (χ0) is 13.5. The fourth-order valence-corrected chi connectivity index (χ4v) is 3.03. The molecule has 2 rings (SSSR count). The molecule has 1 saturated heterocycles. The summed E-state index contributed by atoms with van der Waals surface area (Å²) < 4.78 is 1.05. The van der Waals surface area contributed by atoms with Gasteiger partial charge >= 0.3 is 6.09 Å². The van der Waals surface area contributed by atoms with Gasteiger partial charge in [0, 0.05) is 23.0 Å². The lowest BCUT2D eigenvalue weighted by atomic mass is 9.70. The normalized spacial score (nSPS) is 23.7. The van der Waals surface area contributed by atoms with Crippen LogP contribution in [0.15, 0.2) is 28.7 Å². The van der Waals surface area contributed by atoms with Crippen LogP contribution >= 0.6 is 15.9 Å². The first-order chi connectivity index (χ1) is 8.30. The van der Waals surface area contributed by atoms with E-state index >= 15 is 0 Å². The smallest absolute Gasteiger partial charge is 0.407 e. The Labute approximate surface area is 116 Å². The lowest BCUT2D eigenvalue weighted by Gasteiger charge is -2.53. The quantitative estimate of drug-likeness (QED) is 0.853. The van der Waals surface area contributed by atoms with Crippen molar-refractivity contribution in [3.05, 3.63) is 34.3 Å². The van der Waals surface area contributed by atoms with Crippen LogP contribution in [0.5, 0.6) is 0 Å². The van der Waals surface area contributed by atoms with Crippen LogP contribution in [0, 0.1) is 5.41 Å². The summed E-state index contributed by atoms with van der Waals surface area (Å²) in [6.07, 6.45) is -0.816. The van der Waals surface area contributed by atoms with Crippen molar-refractivity contribution in [1.29, 1.82) is 0 Å². The van der Waals surface area contributed by atoms with Crippen molar-refractivity contribution < 1.29 is 9.90 Å². The first-order valence-corrected chi connectivity index (χ1v) is 6.85. The highest BCUT2D eigenvalue weighted by Crippen LogP contribution is 2.43. The molecule has 2 unspecified atom stereocenters. The molecular weight excluding hydrogens is 294 g/mol. The molecule has 1 heterocycles. The van der Waals surface area contributed by atoms with Gasteiger partial charge in [-0.1, -0.05) is 48.8 Å². The molecule has 4 heteroatoms. The Balaban J connectivity index is 2.25. The Morgan fingerprint density at radius 1 is 1.33 bits per heavy atom. The minimum absolute atomic E-state index is 0.0472. The third kappa shape index (κ3) is 2.39. The molecule has 0 saturated carbocycles. The van der Waals surface area contributed by atoms with Gasteiger partial charge in [0.05, 0.1) is 0 Å². The number of benzene rings is 1. The van der Waals surface area contributed by atoms with Gasteiger partial charge in [0.1, 0.15) is 0 Å². The van der Waals surface area contributed by atoms with Gasteiger partial charge in [-0.15, -0.1) is 0 Å². The standard InChI is InChI=1S/C14H18BrNO2/c1-14(2,3)12-11(8-16(12)13(17)18)9-4-6-10(15)7-5-9/h4-7,11-12H,8H2,1-3H3,(H,17,18). The lowest BCUT2D eigenvalue weighted by molar-refractivity contribution is -0.00161. The van der Waals surface area contributed by atoms with Crippen LogP contribution in [-0.2, 0) is 0 Å². The summed E-state index contributed by atoms with van der Waals surface area (Å²) in [7, 11) is 0. The molecule has 0 aliphatic carbocycles. The molecule has 0 bridgehead atoms. The number of amides is 1. The van der Waals surface area contributed by atoms with E-state index in [4.69, 9.17) is 0 Å². The largest absolute Gasteiger partial charge is 0.465 e. The Hall–Kier alpha value is -1.03. The van der Waals surface area contributed by atoms with E-state index in [2.05, 4.69) is 48.8 Å². The maximum Gasteiger partial charge on any atom is 0.407 e. The van der Waals surface area contributed by atoms with Crippen LogP contribution in [0.3, 0.4) is 0 Å². The van der Waals surface area contributed by atoms with E-state index in [1.165, 1.54) is 5.56 Å². The van der Waals surface area contributed by atoms with Gasteiger partial charge in [0.15, 0.2) is 0 Å². The number of hydrogen-bond acceptors (Lipinski definition) is 1. The van der Waals surface area contributed by atoms with E-state index < -0.39 is 6.09 Å². The number of carboxylic acid groups (broad SMARTS) is 1. The minimum Gasteiger partial charge on any atom is -0.465 e. The highest BCUT2D eigenvalue weighted by Gasteiger charge is 2.48. The predicted octanol–water partition coefficient (Wildman–Crippen LogP) is 3.94. The molecule has 1 aromatic carbocycles. The maximum atomic E-state index is 11.2. The van der Waals surface area contributed by atoms with E-state index in [9.17, 15) is 9.90 Å². The molecule has 0 radical (unpaired) electrons. The third-order valence-corrected chi connectivity index (χ3v) is 4.07. The summed E-state index contributed by atoms with van der Waals surface area (Å²) in [6.45, 7) is 6.88. The summed E-state index contributed by atoms with van der Waals surface area (Å²) in [6, 6.07) is 8.23. The highest BCUT2D eigenvalue weighted by atomic mass is 79.9. The van der Waals surface area contributed by atoms with Crippen molar-refractivity contribution in [2.75, 3.05) is 6.54 Å². The minimum atomic E-state index is -0.816. The second-order valence-electron chi connectivity index (χ2n) is 5.90. The summed E-state index contributed by atoms with van der Waals surface area (Å²) in [4.78, 5) is 12.7. The second-order valence-corrected chi connectivity index (χ2v) is 6.82. The molecule has 1 fully saturated rings. The molecule has 3 nitrogen and oxygen atoms in total. The van der Waals surface area contributed by atoms with Gasteiger partial charge in [0.25, 0.3) is 0 Å². The van der Waals surface area contributed by atoms with E-state index in [1.54, 1.807) is 4.90 Å². The van der Waals surface area contributed by atoms with Gasteiger partial charge in [-0.05, 0) is 23.1 Å². The molecule has 1 aliphatic rings. The zero-order valence-electron chi connectivity index (χ0n) is 10.9. The summed E-state index contributed by atoms with van der Waals surface area (Å²) >= 11 is 3.42. The maximum absolute atomic E-state index is 11.2. The number of halogens is 1. The van der Waals surface area contributed by atoms with E-state index in [-0.39, 0.29) is 11.5 Å². The Bertz CT molecular complexity index is 450. The highest BCUT2D eigenvalue weighted by molar-refractivity contribution is 9.10. The predicted molar refractivity (Wildman–Crippen MR) is 74.9 cm³/mol. The van der Waals surface area contributed by atoms with Gasteiger partial charge in [0.2, 0.25) is 0 Å². The van der Waals surface area contributed by atoms with Gasteiger partial charge < -0.3 is 10.0 Å². The third-order valence-electron chi connectivity index (χ3n) is 3.54. The molecule has 1 aromatic rings. The average Bonchev–Trinajstić information content (AvgIpc) is 2.16. The van der Waals surface area contributed by atoms with Crippen molar-refractivity contribution >= 4 is 22.0 Å². The first-order valence-electron chi connectivity index (χ1n) is 6.06. The molecule has 18 heavy (non-hydrogen) atoms. The lowest BCUT2D eigenvalue weighted by Crippen LogP contribution is -2.62.